The maximum absolute atomic E-state index is 12.9. The van der Waals surface area contributed by atoms with E-state index in [9.17, 15) is 9.59 Å². The number of nitrogens with one attached hydrogen (secondary N) is 1. The molecule has 1 fully saturated rings. The van der Waals surface area contributed by atoms with Gasteiger partial charge in [0.05, 0.1) is 6.61 Å². The highest BCUT2D eigenvalue weighted by atomic mass is 16.5. The Morgan fingerprint density at radius 2 is 2.12 bits per heavy atom. The Balaban J connectivity index is 1.73. The van der Waals surface area contributed by atoms with Crippen molar-refractivity contribution < 1.29 is 14.3 Å². The molecule has 0 spiro atoms. The van der Waals surface area contributed by atoms with Crippen LogP contribution in [-0.4, -0.2) is 69.8 Å². The Labute approximate surface area is 151 Å². The lowest BCUT2D eigenvalue weighted by atomic mass is 9.86. The summed E-state index contributed by atoms with van der Waals surface area (Å²) in [6.07, 6.45) is 7.30. The zero-order chi connectivity index (χ0) is 18.4. The molecule has 9 nitrogen and oxygen atoms in total. The van der Waals surface area contributed by atoms with Gasteiger partial charge in [0.25, 0.3) is 5.91 Å². The molecule has 0 unspecified atom stereocenters. The van der Waals surface area contributed by atoms with Gasteiger partial charge in [0.2, 0.25) is 5.91 Å². The van der Waals surface area contributed by atoms with E-state index in [-0.39, 0.29) is 11.8 Å². The molecule has 9 heteroatoms. The maximum Gasteiger partial charge on any atom is 0.272 e. The molecular formula is C17H22N6O3. The summed E-state index contributed by atoms with van der Waals surface area (Å²) < 4.78 is 6.69. The van der Waals surface area contributed by atoms with Crippen molar-refractivity contribution in [1.82, 2.24) is 30.0 Å². The van der Waals surface area contributed by atoms with Gasteiger partial charge in [-0.3, -0.25) is 14.3 Å². The standard InChI is InChI=1S/C17H22N6O3/c1-26-12-8-19-16(25)17(23-9-2-6-21-23)4-10-22(11-5-17)15(24)14-3-7-18-13-20-14/h2-3,6-7,9,13H,4-5,8,10-12H2,1H3,(H,19,25). The number of aromatic nitrogens is 4. The first-order valence-corrected chi connectivity index (χ1v) is 8.50. The Kier molecular flexibility index (Phi) is 5.57. The van der Waals surface area contributed by atoms with E-state index in [0.717, 1.165) is 0 Å². The predicted octanol–water partition coefficient (Wildman–Crippen LogP) is 0.0672. The van der Waals surface area contributed by atoms with E-state index in [4.69, 9.17) is 4.74 Å². The fraction of sp³-hybridized carbons (Fsp3) is 0.471. The lowest BCUT2D eigenvalue weighted by molar-refractivity contribution is -0.133. The first-order valence-electron chi connectivity index (χ1n) is 8.50. The summed E-state index contributed by atoms with van der Waals surface area (Å²) in [6.45, 7) is 1.77. The predicted molar refractivity (Wildman–Crippen MR) is 92.3 cm³/mol. The largest absolute Gasteiger partial charge is 0.383 e. The van der Waals surface area contributed by atoms with Crippen molar-refractivity contribution >= 4 is 11.8 Å². The van der Waals surface area contributed by atoms with Crippen molar-refractivity contribution in [3.05, 3.63) is 42.7 Å². The van der Waals surface area contributed by atoms with Gasteiger partial charge in [-0.05, 0) is 25.0 Å². The van der Waals surface area contributed by atoms with Crippen LogP contribution in [0.4, 0.5) is 0 Å². The van der Waals surface area contributed by atoms with Gasteiger partial charge in [-0.15, -0.1) is 0 Å². The zero-order valence-corrected chi connectivity index (χ0v) is 14.7. The van der Waals surface area contributed by atoms with Crippen LogP contribution in [0, 0.1) is 0 Å². The SMILES string of the molecule is COCCNC(=O)C1(n2cccn2)CCN(C(=O)c2ccncn2)CC1. The third-order valence-electron chi connectivity index (χ3n) is 4.64. The molecular weight excluding hydrogens is 336 g/mol. The third kappa shape index (κ3) is 3.57. The monoisotopic (exact) mass is 358 g/mol. The summed E-state index contributed by atoms with van der Waals surface area (Å²) in [5, 5.41) is 7.20. The first kappa shape index (κ1) is 18.0. The van der Waals surface area contributed by atoms with Crippen LogP contribution in [0.1, 0.15) is 23.3 Å². The molecule has 0 aliphatic carbocycles. The minimum absolute atomic E-state index is 0.104. The topological polar surface area (TPSA) is 102 Å². The Hall–Kier alpha value is -2.81. The zero-order valence-electron chi connectivity index (χ0n) is 14.7. The Morgan fingerprint density at radius 3 is 2.73 bits per heavy atom. The molecule has 0 radical (unpaired) electrons. The van der Waals surface area contributed by atoms with Crippen molar-refractivity contribution in [3.63, 3.8) is 0 Å². The fourth-order valence-corrected chi connectivity index (χ4v) is 3.17. The van der Waals surface area contributed by atoms with E-state index in [1.807, 2.05) is 0 Å². The van der Waals surface area contributed by atoms with Crippen LogP contribution < -0.4 is 5.32 Å². The van der Waals surface area contributed by atoms with Crippen molar-refractivity contribution in [2.45, 2.75) is 18.4 Å². The summed E-state index contributed by atoms with van der Waals surface area (Å²) in [5.41, 5.74) is -0.448. The highest BCUT2D eigenvalue weighted by molar-refractivity contribution is 5.92. The van der Waals surface area contributed by atoms with E-state index < -0.39 is 5.54 Å². The molecule has 3 heterocycles. The number of rotatable bonds is 6. The van der Waals surface area contributed by atoms with Gasteiger partial charge >= 0.3 is 0 Å². The normalized spacial score (nSPS) is 16.3. The summed E-state index contributed by atoms with van der Waals surface area (Å²) in [6, 6.07) is 3.39. The number of nitrogens with zero attached hydrogens (tertiary/aromatic N) is 5. The summed E-state index contributed by atoms with van der Waals surface area (Å²) >= 11 is 0. The molecule has 0 saturated carbocycles. The van der Waals surface area contributed by atoms with Crippen LogP contribution in [0.2, 0.25) is 0 Å². The third-order valence-corrected chi connectivity index (χ3v) is 4.64. The van der Waals surface area contributed by atoms with Crippen LogP contribution in [0.3, 0.4) is 0 Å². The molecule has 26 heavy (non-hydrogen) atoms. The summed E-state index contributed by atoms with van der Waals surface area (Å²) in [7, 11) is 1.59. The smallest absolute Gasteiger partial charge is 0.272 e. The minimum Gasteiger partial charge on any atom is -0.383 e. The number of ether oxygens (including phenoxy) is 1. The molecule has 1 N–H and O–H groups in total. The summed E-state index contributed by atoms with van der Waals surface area (Å²) in [4.78, 5) is 35.0. The fourth-order valence-electron chi connectivity index (χ4n) is 3.17. The van der Waals surface area contributed by atoms with Gasteiger partial charge in [-0.2, -0.15) is 5.10 Å². The number of likely N-dealkylation sites (tertiary alicyclic amines) is 1. The lowest BCUT2D eigenvalue weighted by Gasteiger charge is -2.40. The highest BCUT2D eigenvalue weighted by Crippen LogP contribution is 2.30. The van der Waals surface area contributed by atoms with Crippen molar-refractivity contribution in [2.75, 3.05) is 33.4 Å². The number of carbonyl (C=O) groups is 2. The van der Waals surface area contributed by atoms with Gasteiger partial charge in [0, 0.05) is 45.3 Å². The second-order valence-electron chi connectivity index (χ2n) is 6.12. The number of amides is 2. The number of hydrogen-bond acceptors (Lipinski definition) is 6. The molecule has 1 saturated heterocycles. The van der Waals surface area contributed by atoms with Crippen molar-refractivity contribution in [2.24, 2.45) is 0 Å². The number of methoxy groups -OCH3 is 1. The van der Waals surface area contributed by atoms with Crippen molar-refractivity contribution in [3.8, 4) is 0 Å². The summed E-state index contributed by atoms with van der Waals surface area (Å²) in [5.74, 6) is -0.256. The highest BCUT2D eigenvalue weighted by Gasteiger charge is 2.44. The number of hydrogen-bond donors (Lipinski definition) is 1. The number of carbonyl (C=O) groups excluding carboxylic acids is 2. The maximum atomic E-state index is 12.9. The van der Waals surface area contributed by atoms with Crippen molar-refractivity contribution in [1.29, 1.82) is 0 Å². The molecule has 1 aliphatic heterocycles. The Morgan fingerprint density at radius 1 is 1.31 bits per heavy atom. The van der Waals surface area contributed by atoms with Gasteiger partial charge in [-0.25, -0.2) is 9.97 Å². The van der Waals surface area contributed by atoms with Crippen LogP contribution in [0.15, 0.2) is 37.1 Å². The van der Waals surface area contributed by atoms with E-state index in [1.165, 1.54) is 6.33 Å². The average Bonchev–Trinajstić information content (AvgIpc) is 3.23. The number of piperidine rings is 1. The average molecular weight is 358 g/mol. The van der Waals surface area contributed by atoms with E-state index in [1.54, 1.807) is 47.4 Å². The lowest BCUT2D eigenvalue weighted by Crippen LogP contribution is -2.56. The molecule has 1 aliphatic rings. The Bertz CT molecular complexity index is 726. The van der Waals surface area contributed by atoms with Gasteiger partial charge < -0.3 is 15.0 Å². The van der Waals surface area contributed by atoms with E-state index in [0.29, 0.717) is 44.8 Å². The van der Waals surface area contributed by atoms with Crippen LogP contribution in [0.25, 0.3) is 0 Å². The van der Waals surface area contributed by atoms with Crippen LogP contribution in [-0.2, 0) is 15.1 Å². The van der Waals surface area contributed by atoms with Crippen LogP contribution >= 0.6 is 0 Å². The van der Waals surface area contributed by atoms with E-state index in [2.05, 4.69) is 20.4 Å². The second kappa shape index (κ2) is 8.05. The molecule has 0 aromatic carbocycles. The molecule has 0 bridgehead atoms. The molecule has 2 amide bonds. The first-order chi connectivity index (χ1) is 12.7. The molecule has 2 aromatic rings. The quantitative estimate of drug-likeness (QED) is 0.733. The van der Waals surface area contributed by atoms with Gasteiger partial charge in [0.1, 0.15) is 17.6 Å². The molecule has 138 valence electrons. The molecule has 3 rings (SSSR count). The second-order valence-corrected chi connectivity index (χ2v) is 6.12. The van der Waals surface area contributed by atoms with Gasteiger partial charge in [0.15, 0.2) is 0 Å². The van der Waals surface area contributed by atoms with Crippen LogP contribution in [0.5, 0.6) is 0 Å². The van der Waals surface area contributed by atoms with Gasteiger partial charge in [-0.1, -0.05) is 0 Å². The van der Waals surface area contributed by atoms with E-state index >= 15 is 0 Å². The molecule has 2 aromatic heterocycles. The minimum atomic E-state index is -0.806. The molecule has 0 atom stereocenters.